The second kappa shape index (κ2) is 7.01. The fourth-order valence-electron chi connectivity index (χ4n) is 3.34. The average molecular weight is 386 g/mol. The lowest BCUT2D eigenvalue weighted by Gasteiger charge is -2.06. The molecule has 6 nitrogen and oxygen atoms in total. The van der Waals surface area contributed by atoms with Crippen molar-refractivity contribution >= 4 is 44.4 Å². The molecule has 138 valence electrons. The van der Waals surface area contributed by atoms with Crippen LogP contribution in [0.1, 0.15) is 16.8 Å². The topological polar surface area (TPSA) is 79.4 Å². The average Bonchev–Trinajstić information content (AvgIpc) is 3.31. The van der Waals surface area contributed by atoms with E-state index in [1.807, 2.05) is 12.1 Å². The van der Waals surface area contributed by atoms with Crippen molar-refractivity contribution in [2.24, 2.45) is 0 Å². The Hall–Kier alpha value is -3.32. The molecule has 0 saturated heterocycles. The first-order valence-corrected chi connectivity index (χ1v) is 9.98. The van der Waals surface area contributed by atoms with E-state index in [0.717, 1.165) is 40.2 Å². The van der Waals surface area contributed by atoms with Crippen LogP contribution in [0.4, 0.5) is 11.6 Å². The molecule has 28 heavy (non-hydrogen) atoms. The summed E-state index contributed by atoms with van der Waals surface area (Å²) in [5.41, 5.74) is 6.27. The van der Waals surface area contributed by atoms with Gasteiger partial charge in [0.1, 0.15) is 16.7 Å². The lowest BCUT2D eigenvalue weighted by molar-refractivity contribution is 0.917. The molecule has 0 amide bonds. The van der Waals surface area contributed by atoms with Crippen molar-refractivity contribution in [3.8, 4) is 0 Å². The number of aromatic nitrogens is 5. The Balaban J connectivity index is 1.29. The highest BCUT2D eigenvalue weighted by Crippen LogP contribution is 2.26. The molecule has 0 aliphatic rings. The number of pyridine rings is 1. The van der Waals surface area contributed by atoms with Crippen LogP contribution in [0, 0.1) is 6.92 Å². The van der Waals surface area contributed by atoms with Crippen LogP contribution in [0.5, 0.6) is 0 Å². The van der Waals surface area contributed by atoms with Gasteiger partial charge in [0.2, 0.25) is 5.95 Å². The number of imidazole rings is 1. The number of hydrogen-bond acceptors (Lipinski definition) is 6. The molecule has 0 saturated carbocycles. The van der Waals surface area contributed by atoms with E-state index in [9.17, 15) is 0 Å². The summed E-state index contributed by atoms with van der Waals surface area (Å²) in [6.45, 7) is 2.12. The van der Waals surface area contributed by atoms with Crippen LogP contribution in [0.15, 0.2) is 54.3 Å². The van der Waals surface area contributed by atoms with Crippen LogP contribution in [0.2, 0.25) is 0 Å². The molecule has 0 bridgehead atoms. The molecular formula is C21H18N6S. The van der Waals surface area contributed by atoms with Gasteiger partial charge in [-0.15, -0.1) is 11.3 Å². The molecule has 0 spiro atoms. The van der Waals surface area contributed by atoms with Crippen molar-refractivity contribution in [1.82, 2.24) is 24.9 Å². The van der Waals surface area contributed by atoms with Crippen molar-refractivity contribution in [3.63, 3.8) is 0 Å². The Morgan fingerprint density at radius 2 is 1.93 bits per heavy atom. The highest BCUT2D eigenvalue weighted by molar-refractivity contribution is 7.16. The summed E-state index contributed by atoms with van der Waals surface area (Å²) in [7, 11) is 0. The first-order chi connectivity index (χ1) is 13.8. The van der Waals surface area contributed by atoms with Gasteiger partial charge >= 0.3 is 0 Å². The lowest BCUT2D eigenvalue weighted by Crippen LogP contribution is -1.97. The quantitative estimate of drug-likeness (QED) is 0.454. The number of benzene rings is 1. The van der Waals surface area contributed by atoms with Gasteiger partial charge in [0.25, 0.3) is 0 Å². The van der Waals surface area contributed by atoms with Gasteiger partial charge in [-0.3, -0.25) is 0 Å². The van der Waals surface area contributed by atoms with E-state index >= 15 is 0 Å². The number of thiophene rings is 1. The molecule has 7 heteroatoms. The van der Waals surface area contributed by atoms with Crippen LogP contribution in [0.3, 0.4) is 0 Å². The van der Waals surface area contributed by atoms with Crippen molar-refractivity contribution in [2.45, 2.75) is 19.8 Å². The Labute approximate surface area is 165 Å². The van der Waals surface area contributed by atoms with Crippen molar-refractivity contribution in [3.05, 3.63) is 71.1 Å². The maximum absolute atomic E-state index is 4.51. The maximum Gasteiger partial charge on any atom is 0.206 e. The normalized spacial score (nSPS) is 11.3. The number of nitrogens with one attached hydrogen (secondary N) is 2. The molecule has 0 unspecified atom stereocenters. The zero-order valence-electron chi connectivity index (χ0n) is 15.3. The standard InChI is InChI=1S/C21H18N6S/c1-13-11-28-20-18(13)16(23-12-24-20)9-6-14-4-7-15(8-5-14)25-21-26-17-3-2-10-22-19(17)27-21/h2-5,7-8,10-12H,6,9H2,1H3,(H2,22,25,26,27). The van der Waals surface area contributed by atoms with Crippen molar-refractivity contribution in [2.75, 3.05) is 5.32 Å². The number of aryl methyl sites for hydroxylation is 3. The van der Waals surface area contributed by atoms with Crippen LogP contribution >= 0.6 is 11.3 Å². The summed E-state index contributed by atoms with van der Waals surface area (Å²) in [6, 6.07) is 12.2. The molecule has 0 aliphatic heterocycles. The minimum Gasteiger partial charge on any atom is -0.326 e. The van der Waals surface area contributed by atoms with Gasteiger partial charge in [-0.2, -0.15) is 0 Å². The minimum atomic E-state index is 0.692. The van der Waals surface area contributed by atoms with Gasteiger partial charge in [-0.05, 0) is 60.5 Å². The molecule has 1 aromatic carbocycles. The van der Waals surface area contributed by atoms with Crippen LogP contribution in [-0.2, 0) is 12.8 Å². The summed E-state index contributed by atoms with van der Waals surface area (Å²) < 4.78 is 0. The van der Waals surface area contributed by atoms with Crippen molar-refractivity contribution in [1.29, 1.82) is 0 Å². The molecule has 0 radical (unpaired) electrons. The summed E-state index contributed by atoms with van der Waals surface area (Å²) in [5.74, 6) is 0.692. The van der Waals surface area contributed by atoms with Gasteiger partial charge in [-0.25, -0.2) is 19.9 Å². The van der Waals surface area contributed by atoms with E-state index in [-0.39, 0.29) is 0 Å². The van der Waals surface area contributed by atoms with Gasteiger partial charge in [0.05, 0.1) is 5.69 Å². The minimum absolute atomic E-state index is 0.692. The molecule has 0 aliphatic carbocycles. The third-order valence-corrected chi connectivity index (χ3v) is 5.76. The first kappa shape index (κ1) is 16.8. The van der Waals surface area contributed by atoms with Crippen LogP contribution < -0.4 is 5.32 Å². The second-order valence-corrected chi connectivity index (χ2v) is 7.56. The Kier molecular flexibility index (Phi) is 4.21. The SMILES string of the molecule is Cc1csc2ncnc(CCc3ccc(Nc4nc5cccnc5[nH]4)cc3)c12. The number of nitrogens with zero attached hydrogens (tertiary/aromatic N) is 4. The summed E-state index contributed by atoms with van der Waals surface area (Å²) in [6.07, 6.45) is 5.26. The predicted molar refractivity (Wildman–Crippen MR) is 113 cm³/mol. The Bertz CT molecular complexity index is 1220. The smallest absolute Gasteiger partial charge is 0.206 e. The van der Waals surface area contributed by atoms with E-state index < -0.39 is 0 Å². The van der Waals surface area contributed by atoms with Gasteiger partial charge in [0, 0.05) is 17.3 Å². The second-order valence-electron chi connectivity index (χ2n) is 6.70. The highest BCUT2D eigenvalue weighted by atomic mass is 32.1. The van der Waals surface area contributed by atoms with E-state index in [0.29, 0.717) is 5.95 Å². The summed E-state index contributed by atoms with van der Waals surface area (Å²) in [5, 5.41) is 6.66. The monoisotopic (exact) mass is 386 g/mol. The number of H-pyrrole nitrogens is 1. The molecule has 4 aromatic heterocycles. The first-order valence-electron chi connectivity index (χ1n) is 9.10. The molecule has 0 atom stereocenters. The molecule has 5 aromatic rings. The van der Waals surface area contributed by atoms with E-state index in [1.54, 1.807) is 23.9 Å². The largest absolute Gasteiger partial charge is 0.326 e. The third kappa shape index (κ3) is 3.20. The maximum atomic E-state index is 4.51. The summed E-state index contributed by atoms with van der Waals surface area (Å²) >= 11 is 1.68. The fourth-order valence-corrected chi connectivity index (χ4v) is 4.25. The number of aromatic amines is 1. The van der Waals surface area contributed by atoms with Gasteiger partial charge < -0.3 is 10.3 Å². The predicted octanol–water partition coefficient (Wildman–Crippen LogP) is 4.80. The highest BCUT2D eigenvalue weighted by Gasteiger charge is 2.09. The van der Waals surface area contributed by atoms with Crippen molar-refractivity contribution < 1.29 is 0 Å². The van der Waals surface area contributed by atoms with E-state index in [2.05, 4.69) is 66.8 Å². The summed E-state index contributed by atoms with van der Waals surface area (Å²) in [4.78, 5) is 21.9. The van der Waals surface area contributed by atoms with Crippen LogP contribution in [0.25, 0.3) is 21.4 Å². The van der Waals surface area contributed by atoms with Crippen LogP contribution in [-0.4, -0.2) is 24.9 Å². The number of hydrogen-bond donors (Lipinski definition) is 2. The Morgan fingerprint density at radius 1 is 1.04 bits per heavy atom. The van der Waals surface area contributed by atoms with E-state index in [4.69, 9.17) is 0 Å². The number of anilines is 2. The zero-order chi connectivity index (χ0) is 18.9. The molecule has 5 rings (SSSR count). The fraction of sp³-hybridized carbons (Fsp3) is 0.143. The molecule has 2 N–H and O–H groups in total. The lowest BCUT2D eigenvalue weighted by atomic mass is 10.1. The zero-order valence-corrected chi connectivity index (χ0v) is 16.1. The van der Waals surface area contributed by atoms with Gasteiger partial charge in [-0.1, -0.05) is 12.1 Å². The van der Waals surface area contributed by atoms with Gasteiger partial charge in [0.15, 0.2) is 5.65 Å². The number of fused-ring (bicyclic) bond motifs is 2. The molecular weight excluding hydrogens is 368 g/mol. The number of rotatable bonds is 5. The molecule has 4 heterocycles. The van der Waals surface area contributed by atoms with E-state index in [1.165, 1.54) is 16.5 Å². The Morgan fingerprint density at radius 3 is 2.79 bits per heavy atom. The molecule has 0 fully saturated rings. The third-order valence-electron chi connectivity index (χ3n) is 4.76.